The van der Waals surface area contributed by atoms with Crippen LogP contribution in [-0.2, 0) is 4.79 Å². The van der Waals surface area contributed by atoms with Crippen molar-refractivity contribution < 1.29 is 9.72 Å². The first-order valence-electron chi connectivity index (χ1n) is 5.07. The Hall–Kier alpha value is -1.91. The third kappa shape index (κ3) is 2.79. The Balaban J connectivity index is 2.91. The van der Waals surface area contributed by atoms with Crippen LogP contribution < -0.4 is 4.90 Å². The number of carbonyl (C=O) groups is 1. The predicted molar refractivity (Wildman–Crippen MR) is 61.4 cm³/mol. The predicted octanol–water partition coefficient (Wildman–Crippen LogP) is 2.36. The smallest absolute Gasteiger partial charge is 0.271 e. The van der Waals surface area contributed by atoms with E-state index in [4.69, 9.17) is 0 Å². The van der Waals surface area contributed by atoms with Crippen LogP contribution in [0.2, 0.25) is 0 Å². The van der Waals surface area contributed by atoms with E-state index >= 15 is 0 Å². The van der Waals surface area contributed by atoms with E-state index in [0.29, 0.717) is 12.1 Å². The van der Waals surface area contributed by atoms with Gasteiger partial charge in [-0.15, -0.1) is 0 Å². The van der Waals surface area contributed by atoms with E-state index in [1.165, 1.54) is 17.0 Å². The number of anilines is 1. The summed E-state index contributed by atoms with van der Waals surface area (Å²) < 4.78 is 0. The van der Waals surface area contributed by atoms with Crippen molar-refractivity contribution in [1.29, 1.82) is 0 Å². The monoisotopic (exact) mass is 222 g/mol. The summed E-state index contributed by atoms with van der Waals surface area (Å²) in [7, 11) is 1.62. The Kier molecular flexibility index (Phi) is 3.99. The molecule has 1 amide bonds. The van der Waals surface area contributed by atoms with Gasteiger partial charge in [0.05, 0.1) is 10.6 Å². The third-order valence-corrected chi connectivity index (χ3v) is 2.27. The maximum absolute atomic E-state index is 11.6. The summed E-state index contributed by atoms with van der Waals surface area (Å²) in [6, 6.07) is 6.05. The van der Waals surface area contributed by atoms with Crippen LogP contribution in [0.15, 0.2) is 24.3 Å². The van der Waals surface area contributed by atoms with E-state index in [9.17, 15) is 14.9 Å². The summed E-state index contributed by atoms with van der Waals surface area (Å²) >= 11 is 0. The van der Waals surface area contributed by atoms with Gasteiger partial charge in [-0.2, -0.15) is 0 Å². The molecule has 5 nitrogen and oxygen atoms in total. The number of carbonyl (C=O) groups excluding carboxylic acids is 1. The van der Waals surface area contributed by atoms with Crippen molar-refractivity contribution in [2.75, 3.05) is 11.9 Å². The SMILES string of the molecule is CCCC(=O)N(C)c1cccc([N+](=O)[O-])c1. The molecule has 0 aliphatic carbocycles. The fourth-order valence-corrected chi connectivity index (χ4v) is 1.34. The Morgan fingerprint density at radius 1 is 1.50 bits per heavy atom. The van der Waals surface area contributed by atoms with E-state index in [1.807, 2.05) is 6.92 Å². The molecule has 0 unspecified atom stereocenters. The summed E-state index contributed by atoms with van der Waals surface area (Å²) in [5, 5.41) is 10.6. The molecule has 0 fully saturated rings. The minimum absolute atomic E-state index is 0.00588. The van der Waals surface area contributed by atoms with Crippen LogP contribution in [0.25, 0.3) is 0 Å². The lowest BCUT2D eigenvalue weighted by molar-refractivity contribution is -0.384. The highest BCUT2D eigenvalue weighted by molar-refractivity contribution is 5.93. The van der Waals surface area contributed by atoms with Crippen LogP contribution in [0, 0.1) is 10.1 Å². The van der Waals surface area contributed by atoms with E-state index in [1.54, 1.807) is 19.2 Å². The van der Waals surface area contributed by atoms with Gasteiger partial charge in [0, 0.05) is 25.6 Å². The van der Waals surface area contributed by atoms with E-state index in [-0.39, 0.29) is 11.6 Å². The number of rotatable bonds is 4. The highest BCUT2D eigenvalue weighted by Gasteiger charge is 2.12. The summed E-state index contributed by atoms with van der Waals surface area (Å²) in [5.41, 5.74) is 0.543. The van der Waals surface area contributed by atoms with Crippen LogP contribution in [0.5, 0.6) is 0 Å². The zero-order valence-electron chi connectivity index (χ0n) is 9.34. The zero-order valence-corrected chi connectivity index (χ0v) is 9.34. The minimum Gasteiger partial charge on any atom is -0.315 e. The fourth-order valence-electron chi connectivity index (χ4n) is 1.34. The Morgan fingerprint density at radius 3 is 2.75 bits per heavy atom. The molecule has 5 heteroatoms. The second-order valence-corrected chi connectivity index (χ2v) is 3.48. The molecule has 1 aromatic rings. The molecule has 0 aliphatic rings. The first-order chi connectivity index (χ1) is 7.56. The van der Waals surface area contributed by atoms with Crippen LogP contribution in [0.3, 0.4) is 0 Å². The number of nitrogens with zero attached hydrogens (tertiary/aromatic N) is 2. The molecule has 0 aliphatic heterocycles. The van der Waals surface area contributed by atoms with Gasteiger partial charge in [-0.3, -0.25) is 14.9 Å². The quantitative estimate of drug-likeness (QED) is 0.580. The summed E-state index contributed by atoms with van der Waals surface area (Å²) in [5.74, 6) is -0.0389. The Bertz CT molecular complexity index is 404. The van der Waals surface area contributed by atoms with Crippen LogP contribution in [-0.4, -0.2) is 17.9 Å². The first-order valence-corrected chi connectivity index (χ1v) is 5.07. The Labute approximate surface area is 93.8 Å². The topological polar surface area (TPSA) is 63.5 Å². The number of benzene rings is 1. The molecule has 0 atom stereocenters. The molecule has 1 rings (SSSR count). The number of hydrogen-bond donors (Lipinski definition) is 0. The van der Waals surface area contributed by atoms with Gasteiger partial charge in [0.15, 0.2) is 0 Å². The largest absolute Gasteiger partial charge is 0.315 e. The molecular weight excluding hydrogens is 208 g/mol. The molecule has 0 N–H and O–H groups in total. The van der Waals surface area contributed by atoms with Gasteiger partial charge in [0.25, 0.3) is 5.69 Å². The number of amides is 1. The van der Waals surface area contributed by atoms with Gasteiger partial charge in [-0.05, 0) is 12.5 Å². The van der Waals surface area contributed by atoms with Gasteiger partial charge in [0.1, 0.15) is 0 Å². The van der Waals surface area contributed by atoms with Gasteiger partial charge >= 0.3 is 0 Å². The summed E-state index contributed by atoms with van der Waals surface area (Å²) in [4.78, 5) is 23.1. The van der Waals surface area contributed by atoms with Gasteiger partial charge in [0.2, 0.25) is 5.91 Å². The van der Waals surface area contributed by atoms with Crippen molar-refractivity contribution in [1.82, 2.24) is 0 Å². The van der Waals surface area contributed by atoms with Crippen molar-refractivity contribution in [2.45, 2.75) is 19.8 Å². The van der Waals surface area contributed by atoms with Crippen molar-refractivity contribution in [2.24, 2.45) is 0 Å². The second kappa shape index (κ2) is 5.25. The molecule has 0 heterocycles. The van der Waals surface area contributed by atoms with Crippen molar-refractivity contribution >= 4 is 17.3 Å². The van der Waals surface area contributed by atoms with Crippen molar-refractivity contribution in [3.8, 4) is 0 Å². The minimum atomic E-state index is -0.471. The molecule has 1 aromatic carbocycles. The lowest BCUT2D eigenvalue weighted by atomic mass is 10.2. The van der Waals surface area contributed by atoms with E-state index in [0.717, 1.165) is 6.42 Å². The molecule has 0 aromatic heterocycles. The lowest BCUT2D eigenvalue weighted by Crippen LogP contribution is -2.25. The van der Waals surface area contributed by atoms with Gasteiger partial charge in [-0.1, -0.05) is 13.0 Å². The number of nitro benzene ring substituents is 1. The maximum atomic E-state index is 11.6. The highest BCUT2D eigenvalue weighted by atomic mass is 16.6. The second-order valence-electron chi connectivity index (χ2n) is 3.48. The van der Waals surface area contributed by atoms with Gasteiger partial charge in [-0.25, -0.2) is 0 Å². The molecule has 0 spiro atoms. The molecule has 0 radical (unpaired) electrons. The van der Waals surface area contributed by atoms with Crippen LogP contribution in [0.4, 0.5) is 11.4 Å². The normalized spacial score (nSPS) is 9.88. The highest BCUT2D eigenvalue weighted by Crippen LogP contribution is 2.20. The molecule has 86 valence electrons. The average Bonchev–Trinajstić information content (AvgIpc) is 2.28. The lowest BCUT2D eigenvalue weighted by Gasteiger charge is -2.16. The maximum Gasteiger partial charge on any atom is 0.271 e. The molecule has 0 bridgehead atoms. The van der Waals surface area contributed by atoms with Crippen molar-refractivity contribution in [3.05, 3.63) is 34.4 Å². The standard InChI is InChI=1S/C11H14N2O3/c1-3-5-11(14)12(2)9-6-4-7-10(8-9)13(15)16/h4,6-8H,3,5H2,1-2H3. The van der Waals surface area contributed by atoms with Crippen LogP contribution in [0.1, 0.15) is 19.8 Å². The van der Waals surface area contributed by atoms with E-state index in [2.05, 4.69) is 0 Å². The number of hydrogen-bond acceptors (Lipinski definition) is 3. The number of non-ortho nitro benzene ring substituents is 1. The fraction of sp³-hybridized carbons (Fsp3) is 0.364. The average molecular weight is 222 g/mol. The van der Waals surface area contributed by atoms with E-state index < -0.39 is 4.92 Å². The summed E-state index contributed by atoms with van der Waals surface area (Å²) in [6.45, 7) is 1.92. The van der Waals surface area contributed by atoms with Gasteiger partial charge < -0.3 is 4.90 Å². The first kappa shape index (κ1) is 12.2. The molecule has 0 saturated heterocycles. The summed E-state index contributed by atoms with van der Waals surface area (Å²) in [6.07, 6.45) is 1.21. The molecular formula is C11H14N2O3. The zero-order chi connectivity index (χ0) is 12.1. The number of nitro groups is 1. The van der Waals surface area contributed by atoms with Crippen LogP contribution >= 0.6 is 0 Å². The van der Waals surface area contributed by atoms with Crippen molar-refractivity contribution in [3.63, 3.8) is 0 Å². The Morgan fingerprint density at radius 2 is 2.19 bits per heavy atom. The molecule has 0 saturated carbocycles. The third-order valence-electron chi connectivity index (χ3n) is 2.27. The molecule has 16 heavy (non-hydrogen) atoms.